The van der Waals surface area contributed by atoms with Crippen LogP contribution < -0.4 is 5.32 Å². The summed E-state index contributed by atoms with van der Waals surface area (Å²) in [6.45, 7) is 1.72. The van der Waals surface area contributed by atoms with E-state index >= 15 is 0 Å². The first kappa shape index (κ1) is 14.9. The smallest absolute Gasteiger partial charge is 0.139 e. The molecule has 0 saturated carbocycles. The highest BCUT2D eigenvalue weighted by molar-refractivity contribution is 9.10. The number of piperidine rings is 1. The second-order valence-electron chi connectivity index (χ2n) is 6.08. The lowest BCUT2D eigenvalue weighted by Gasteiger charge is -2.33. The zero-order valence-corrected chi connectivity index (χ0v) is 14.2. The largest absolute Gasteiger partial charge is 0.385 e. The van der Waals surface area contributed by atoms with Crippen molar-refractivity contribution in [1.29, 1.82) is 0 Å². The Morgan fingerprint density at radius 2 is 1.83 bits per heavy atom. The Morgan fingerprint density at radius 1 is 1.09 bits per heavy atom. The second kappa shape index (κ2) is 5.74. The summed E-state index contributed by atoms with van der Waals surface area (Å²) in [7, 11) is 0. The Balaban J connectivity index is 1.74. The normalized spacial score (nSPS) is 17.5. The quantitative estimate of drug-likeness (QED) is 0.645. The zero-order chi connectivity index (χ0) is 15.9. The van der Waals surface area contributed by atoms with Gasteiger partial charge in [0.15, 0.2) is 0 Å². The maximum Gasteiger partial charge on any atom is 0.139 e. The van der Waals surface area contributed by atoms with Crippen molar-refractivity contribution in [3.63, 3.8) is 0 Å². The maximum absolute atomic E-state index is 10.8. The van der Waals surface area contributed by atoms with Crippen LogP contribution >= 0.6 is 15.9 Å². The lowest BCUT2D eigenvalue weighted by molar-refractivity contribution is 0.00595. The van der Waals surface area contributed by atoms with Gasteiger partial charge in [-0.3, -0.25) is 0 Å². The number of halogens is 1. The third kappa shape index (κ3) is 2.59. The number of fused-ring (bicyclic) bond motifs is 1. The van der Waals surface area contributed by atoms with E-state index in [2.05, 4.69) is 43.3 Å². The molecule has 5 heteroatoms. The van der Waals surface area contributed by atoms with Gasteiger partial charge in [0.1, 0.15) is 5.65 Å². The molecule has 3 aromatic rings. The molecule has 118 valence electrons. The standard InChI is InChI=1S/C18H18BrN3O/c19-15-11-22-17-16(15)14(5-8-21-17)12-1-3-13(4-2-12)18(23)6-9-20-10-7-18/h1-5,8,11,20,23H,6-7,9-10H2,(H,21,22). The number of aromatic nitrogens is 2. The summed E-state index contributed by atoms with van der Waals surface area (Å²) in [5.74, 6) is 0. The fraction of sp³-hybridized carbons (Fsp3) is 0.278. The van der Waals surface area contributed by atoms with Crippen molar-refractivity contribution < 1.29 is 5.11 Å². The number of hydrogen-bond donors (Lipinski definition) is 3. The van der Waals surface area contributed by atoms with Gasteiger partial charge in [0.05, 0.1) is 5.60 Å². The van der Waals surface area contributed by atoms with Gasteiger partial charge in [-0.05, 0) is 64.6 Å². The van der Waals surface area contributed by atoms with E-state index in [1.807, 2.05) is 30.6 Å². The van der Waals surface area contributed by atoms with Gasteiger partial charge in [0, 0.05) is 22.3 Å². The Bertz CT molecular complexity index is 835. The molecule has 1 aliphatic rings. The van der Waals surface area contributed by atoms with E-state index in [4.69, 9.17) is 0 Å². The van der Waals surface area contributed by atoms with Gasteiger partial charge in [-0.1, -0.05) is 24.3 Å². The van der Waals surface area contributed by atoms with Crippen LogP contribution in [0.1, 0.15) is 18.4 Å². The van der Waals surface area contributed by atoms with Crippen molar-refractivity contribution in [2.75, 3.05) is 13.1 Å². The number of hydrogen-bond acceptors (Lipinski definition) is 3. The Labute approximate surface area is 143 Å². The van der Waals surface area contributed by atoms with Crippen molar-refractivity contribution in [2.24, 2.45) is 0 Å². The van der Waals surface area contributed by atoms with Gasteiger partial charge in [-0.15, -0.1) is 0 Å². The van der Waals surface area contributed by atoms with Gasteiger partial charge in [-0.25, -0.2) is 4.98 Å². The number of pyridine rings is 1. The van der Waals surface area contributed by atoms with Crippen molar-refractivity contribution >= 4 is 27.0 Å². The van der Waals surface area contributed by atoms with Crippen LogP contribution in [-0.4, -0.2) is 28.2 Å². The third-order valence-electron chi connectivity index (χ3n) is 4.69. The average Bonchev–Trinajstić information content (AvgIpc) is 2.97. The predicted molar refractivity (Wildman–Crippen MR) is 95.2 cm³/mol. The Morgan fingerprint density at radius 3 is 2.57 bits per heavy atom. The van der Waals surface area contributed by atoms with E-state index in [9.17, 15) is 5.11 Å². The maximum atomic E-state index is 10.8. The fourth-order valence-corrected chi connectivity index (χ4v) is 3.86. The van der Waals surface area contributed by atoms with Crippen LogP contribution in [0.2, 0.25) is 0 Å². The molecule has 1 fully saturated rings. The highest BCUT2D eigenvalue weighted by Gasteiger charge is 2.30. The second-order valence-corrected chi connectivity index (χ2v) is 6.93. The van der Waals surface area contributed by atoms with E-state index in [1.165, 1.54) is 0 Å². The molecule has 4 nitrogen and oxygen atoms in total. The molecular formula is C18H18BrN3O. The van der Waals surface area contributed by atoms with Gasteiger partial charge in [0.2, 0.25) is 0 Å². The lowest BCUT2D eigenvalue weighted by atomic mass is 9.84. The molecule has 0 unspecified atom stereocenters. The summed E-state index contributed by atoms with van der Waals surface area (Å²) < 4.78 is 1.01. The van der Waals surface area contributed by atoms with Gasteiger partial charge < -0.3 is 15.4 Å². The molecule has 3 N–H and O–H groups in total. The summed E-state index contributed by atoms with van der Waals surface area (Å²) in [5, 5.41) is 15.2. The lowest BCUT2D eigenvalue weighted by Crippen LogP contribution is -2.39. The number of nitrogens with one attached hydrogen (secondary N) is 2. The van der Waals surface area contributed by atoms with Crippen LogP contribution in [0.15, 0.2) is 47.2 Å². The molecule has 0 radical (unpaired) electrons. The number of benzene rings is 1. The Kier molecular flexibility index (Phi) is 3.71. The molecule has 0 bridgehead atoms. The van der Waals surface area contributed by atoms with Gasteiger partial charge >= 0.3 is 0 Å². The van der Waals surface area contributed by atoms with Crippen LogP contribution in [0.25, 0.3) is 22.2 Å². The van der Waals surface area contributed by atoms with Crippen molar-refractivity contribution in [1.82, 2.24) is 15.3 Å². The average molecular weight is 372 g/mol. The first-order valence-corrected chi connectivity index (χ1v) is 8.62. The summed E-state index contributed by atoms with van der Waals surface area (Å²) in [5.41, 5.74) is 3.43. The van der Waals surface area contributed by atoms with Gasteiger partial charge in [0.25, 0.3) is 0 Å². The molecule has 0 spiro atoms. The number of aliphatic hydroxyl groups is 1. The minimum Gasteiger partial charge on any atom is -0.385 e. The van der Waals surface area contributed by atoms with Crippen LogP contribution in [-0.2, 0) is 5.60 Å². The summed E-state index contributed by atoms with van der Waals surface area (Å²) in [4.78, 5) is 7.52. The molecule has 0 amide bonds. The van der Waals surface area contributed by atoms with Crippen LogP contribution in [0, 0.1) is 0 Å². The van der Waals surface area contributed by atoms with E-state index in [0.717, 1.165) is 58.1 Å². The van der Waals surface area contributed by atoms with E-state index in [1.54, 1.807) is 0 Å². The van der Waals surface area contributed by atoms with E-state index < -0.39 is 5.60 Å². The number of nitrogens with zero attached hydrogens (tertiary/aromatic N) is 1. The Hall–Kier alpha value is -1.69. The van der Waals surface area contributed by atoms with Crippen LogP contribution in [0.5, 0.6) is 0 Å². The predicted octanol–water partition coefficient (Wildman–Crippen LogP) is 3.56. The van der Waals surface area contributed by atoms with Crippen LogP contribution in [0.4, 0.5) is 0 Å². The highest BCUT2D eigenvalue weighted by atomic mass is 79.9. The van der Waals surface area contributed by atoms with Crippen molar-refractivity contribution in [2.45, 2.75) is 18.4 Å². The first-order valence-electron chi connectivity index (χ1n) is 7.83. The molecule has 0 atom stereocenters. The highest BCUT2D eigenvalue weighted by Crippen LogP contribution is 2.35. The zero-order valence-electron chi connectivity index (χ0n) is 12.6. The summed E-state index contributed by atoms with van der Waals surface area (Å²) in [6, 6.07) is 10.3. The van der Waals surface area contributed by atoms with Crippen molar-refractivity contribution in [3.05, 3.63) is 52.8 Å². The minimum atomic E-state index is -0.702. The number of H-pyrrole nitrogens is 1. The minimum absolute atomic E-state index is 0.702. The fourth-order valence-electron chi connectivity index (χ4n) is 3.35. The SMILES string of the molecule is OC1(c2ccc(-c3ccnc4[nH]cc(Br)c34)cc2)CCNCC1. The molecule has 1 aliphatic heterocycles. The molecule has 1 aromatic carbocycles. The molecule has 23 heavy (non-hydrogen) atoms. The number of aromatic amines is 1. The monoisotopic (exact) mass is 371 g/mol. The molecule has 1 saturated heterocycles. The topological polar surface area (TPSA) is 60.9 Å². The van der Waals surface area contributed by atoms with Gasteiger partial charge in [-0.2, -0.15) is 0 Å². The molecule has 4 rings (SSSR count). The molecule has 2 aromatic heterocycles. The summed E-state index contributed by atoms with van der Waals surface area (Å²) in [6.07, 6.45) is 5.24. The molecular weight excluding hydrogens is 354 g/mol. The van der Waals surface area contributed by atoms with E-state index in [-0.39, 0.29) is 0 Å². The third-order valence-corrected chi connectivity index (χ3v) is 5.31. The molecule has 0 aliphatic carbocycles. The summed E-state index contributed by atoms with van der Waals surface area (Å²) >= 11 is 3.58. The first-order chi connectivity index (χ1) is 11.2. The number of rotatable bonds is 2. The van der Waals surface area contributed by atoms with Crippen molar-refractivity contribution in [3.8, 4) is 11.1 Å². The molecule has 3 heterocycles. The van der Waals surface area contributed by atoms with E-state index in [0.29, 0.717) is 0 Å². The van der Waals surface area contributed by atoms with Crippen LogP contribution in [0.3, 0.4) is 0 Å².